The van der Waals surface area contributed by atoms with E-state index in [1.54, 1.807) is 20.8 Å². The molecule has 2 bridgehead atoms. The van der Waals surface area contributed by atoms with Gasteiger partial charge in [-0.2, -0.15) is 0 Å². The van der Waals surface area contributed by atoms with E-state index in [2.05, 4.69) is 16.0 Å². The van der Waals surface area contributed by atoms with Gasteiger partial charge < -0.3 is 26.0 Å². The molecule has 3 atom stereocenters. The van der Waals surface area contributed by atoms with Crippen molar-refractivity contribution in [3.8, 4) is 0 Å². The number of carbonyl (C=O) groups is 5. The molecule has 208 valence electrons. The second kappa shape index (κ2) is 10.9. The normalized spacial score (nSPS) is 25.1. The standard InChI is InChI=1S/C25H38F2N4O6/c1-24(2,3)19(30-23(36)37)22(35)31-15-9-5-13(6-10-15)17(31)20(33)29-16(11-12-25(4,26)27)18(32)21(34)28-14-7-8-14/h13-17,19,30H,5-12H2,1-4H3,(H,28,34)(H,29,33)(H,36,37). The highest BCUT2D eigenvalue weighted by Gasteiger charge is 2.51. The number of nitrogens with one attached hydrogen (secondary N) is 3. The minimum Gasteiger partial charge on any atom is -0.465 e. The quantitative estimate of drug-likeness (QED) is 0.320. The lowest BCUT2D eigenvalue weighted by molar-refractivity contribution is -0.157. The number of carboxylic acid groups (broad SMARTS) is 1. The van der Waals surface area contributed by atoms with Gasteiger partial charge in [-0.25, -0.2) is 13.6 Å². The Morgan fingerprint density at radius 3 is 2.03 bits per heavy atom. The summed E-state index contributed by atoms with van der Waals surface area (Å²) in [6.45, 7) is 5.83. The molecule has 4 amide bonds. The Labute approximate surface area is 215 Å². The van der Waals surface area contributed by atoms with Crippen molar-refractivity contribution in [3.05, 3.63) is 0 Å². The van der Waals surface area contributed by atoms with Crippen molar-refractivity contribution in [2.45, 2.75) is 115 Å². The SMILES string of the molecule is CC(F)(F)CCC(NC(=O)C1C2CCC(CC2)N1C(=O)C(NC(=O)O)C(C)(C)C)C(=O)C(=O)NC1CC1. The summed E-state index contributed by atoms with van der Waals surface area (Å²) >= 11 is 0. The van der Waals surface area contributed by atoms with Gasteiger partial charge in [-0.1, -0.05) is 20.8 Å². The second-order valence-electron chi connectivity index (χ2n) is 11.8. The lowest BCUT2D eigenvalue weighted by Crippen LogP contribution is -2.68. The molecular weight excluding hydrogens is 490 g/mol. The monoisotopic (exact) mass is 528 g/mol. The Hall–Kier alpha value is -2.79. The fourth-order valence-corrected chi connectivity index (χ4v) is 5.29. The van der Waals surface area contributed by atoms with Crippen molar-refractivity contribution in [3.63, 3.8) is 0 Å². The summed E-state index contributed by atoms with van der Waals surface area (Å²) in [4.78, 5) is 65.4. The number of halogens is 2. The first kappa shape index (κ1) is 28.8. The number of rotatable bonds is 10. The maximum absolute atomic E-state index is 13.7. The highest BCUT2D eigenvalue weighted by Crippen LogP contribution is 2.41. The summed E-state index contributed by atoms with van der Waals surface area (Å²) in [7, 11) is 0. The molecule has 10 nitrogen and oxygen atoms in total. The Bertz CT molecular complexity index is 919. The largest absolute Gasteiger partial charge is 0.465 e. The Balaban J connectivity index is 1.84. The van der Waals surface area contributed by atoms with Crippen LogP contribution in [-0.4, -0.2) is 75.7 Å². The maximum atomic E-state index is 13.7. The molecule has 2 saturated heterocycles. The minimum absolute atomic E-state index is 0.126. The molecular formula is C25H38F2N4O6. The molecule has 2 aliphatic carbocycles. The summed E-state index contributed by atoms with van der Waals surface area (Å²) in [5, 5.41) is 16.6. The molecule has 0 aromatic carbocycles. The fraction of sp³-hybridized carbons (Fsp3) is 0.800. The van der Waals surface area contributed by atoms with Crippen LogP contribution in [0.25, 0.3) is 0 Å². The second-order valence-corrected chi connectivity index (χ2v) is 11.8. The van der Waals surface area contributed by atoms with E-state index in [1.807, 2.05) is 0 Å². The van der Waals surface area contributed by atoms with Gasteiger partial charge in [0.1, 0.15) is 12.1 Å². The van der Waals surface area contributed by atoms with Gasteiger partial charge in [-0.15, -0.1) is 0 Å². The minimum atomic E-state index is -3.11. The molecule has 2 saturated carbocycles. The molecule has 12 heteroatoms. The van der Waals surface area contributed by atoms with E-state index in [0.29, 0.717) is 32.6 Å². The van der Waals surface area contributed by atoms with Gasteiger partial charge in [0.2, 0.25) is 23.5 Å². The number of hydrogen-bond acceptors (Lipinski definition) is 5. The van der Waals surface area contributed by atoms with Crippen LogP contribution in [0.3, 0.4) is 0 Å². The predicted octanol–water partition coefficient (Wildman–Crippen LogP) is 2.21. The van der Waals surface area contributed by atoms with Gasteiger partial charge >= 0.3 is 6.09 Å². The van der Waals surface area contributed by atoms with Crippen molar-refractivity contribution < 1.29 is 37.9 Å². The Kier molecular flexibility index (Phi) is 8.48. The third-order valence-electron chi connectivity index (χ3n) is 7.43. The number of ketones is 1. The lowest BCUT2D eigenvalue weighted by atomic mass is 9.73. The number of fused-ring (bicyclic) bond motifs is 3. The van der Waals surface area contributed by atoms with E-state index in [9.17, 15) is 37.9 Å². The van der Waals surface area contributed by atoms with Crippen LogP contribution in [0.1, 0.15) is 79.1 Å². The third-order valence-corrected chi connectivity index (χ3v) is 7.43. The maximum Gasteiger partial charge on any atom is 0.405 e. The van der Waals surface area contributed by atoms with Gasteiger partial charge in [0.05, 0.1) is 6.04 Å². The number of alkyl halides is 2. The van der Waals surface area contributed by atoms with Gasteiger partial charge in [0.15, 0.2) is 0 Å². The summed E-state index contributed by atoms with van der Waals surface area (Å²) in [6.07, 6.45) is 1.55. The van der Waals surface area contributed by atoms with Crippen LogP contribution in [0.4, 0.5) is 13.6 Å². The van der Waals surface area contributed by atoms with Crippen molar-refractivity contribution in [1.29, 1.82) is 0 Å². The first-order valence-electron chi connectivity index (χ1n) is 12.9. The van der Waals surface area contributed by atoms with Crippen molar-refractivity contribution in [1.82, 2.24) is 20.9 Å². The number of Topliss-reactive ketones (excluding diaryl/α,β-unsaturated/α-hetero) is 1. The van der Waals surface area contributed by atoms with E-state index in [-0.39, 0.29) is 18.0 Å². The molecule has 0 aromatic rings. The first-order valence-corrected chi connectivity index (χ1v) is 12.9. The molecule has 4 rings (SSSR count). The van der Waals surface area contributed by atoms with Crippen LogP contribution < -0.4 is 16.0 Å². The first-order chi connectivity index (χ1) is 17.1. The molecule has 0 aromatic heterocycles. The van der Waals surface area contributed by atoms with Crippen LogP contribution in [0, 0.1) is 11.3 Å². The number of carbonyl (C=O) groups excluding carboxylic acids is 4. The molecule has 37 heavy (non-hydrogen) atoms. The lowest BCUT2D eigenvalue weighted by Gasteiger charge is -2.52. The van der Waals surface area contributed by atoms with Gasteiger partial charge in [-0.05, 0) is 63.2 Å². The summed E-state index contributed by atoms with van der Waals surface area (Å²) in [6, 6.07) is -4.01. The zero-order valence-electron chi connectivity index (χ0n) is 21.8. The van der Waals surface area contributed by atoms with Crippen molar-refractivity contribution >= 4 is 29.6 Å². The number of hydrogen-bond donors (Lipinski definition) is 4. The number of amides is 4. The van der Waals surface area contributed by atoms with Gasteiger partial charge in [0.25, 0.3) is 5.91 Å². The fourth-order valence-electron chi connectivity index (χ4n) is 5.29. The molecule has 4 fully saturated rings. The summed E-state index contributed by atoms with van der Waals surface area (Å²) in [5.74, 6) is -6.50. The highest BCUT2D eigenvalue weighted by atomic mass is 19.3. The zero-order chi connectivity index (χ0) is 27.7. The summed E-state index contributed by atoms with van der Waals surface area (Å²) in [5.41, 5.74) is -0.792. The zero-order valence-corrected chi connectivity index (χ0v) is 21.8. The average molecular weight is 529 g/mol. The molecule has 2 heterocycles. The molecule has 4 N–H and O–H groups in total. The number of piperidine rings is 2. The molecule has 0 radical (unpaired) electrons. The van der Waals surface area contributed by atoms with E-state index < -0.39 is 71.9 Å². The predicted molar refractivity (Wildman–Crippen MR) is 129 cm³/mol. The Morgan fingerprint density at radius 1 is 0.946 bits per heavy atom. The van der Waals surface area contributed by atoms with E-state index in [1.165, 1.54) is 4.90 Å². The van der Waals surface area contributed by atoms with Crippen molar-refractivity contribution in [2.24, 2.45) is 11.3 Å². The molecule has 2 aliphatic heterocycles. The molecule has 0 spiro atoms. The van der Waals surface area contributed by atoms with E-state index in [0.717, 1.165) is 12.8 Å². The van der Waals surface area contributed by atoms with Crippen LogP contribution >= 0.6 is 0 Å². The van der Waals surface area contributed by atoms with Crippen LogP contribution in [0.5, 0.6) is 0 Å². The third kappa shape index (κ3) is 7.38. The van der Waals surface area contributed by atoms with Gasteiger partial charge in [0, 0.05) is 18.5 Å². The van der Waals surface area contributed by atoms with Crippen LogP contribution in [-0.2, 0) is 19.2 Å². The van der Waals surface area contributed by atoms with Crippen molar-refractivity contribution in [2.75, 3.05) is 0 Å². The Morgan fingerprint density at radius 2 is 1.54 bits per heavy atom. The van der Waals surface area contributed by atoms with E-state index in [4.69, 9.17) is 0 Å². The summed E-state index contributed by atoms with van der Waals surface area (Å²) < 4.78 is 27.2. The smallest absolute Gasteiger partial charge is 0.405 e. The number of nitrogens with zero attached hydrogens (tertiary/aromatic N) is 1. The van der Waals surface area contributed by atoms with E-state index >= 15 is 0 Å². The van der Waals surface area contributed by atoms with Gasteiger partial charge in [-0.3, -0.25) is 19.2 Å². The average Bonchev–Trinajstić information content (AvgIpc) is 3.61. The topological polar surface area (TPSA) is 145 Å². The molecule has 4 aliphatic rings. The van der Waals surface area contributed by atoms with Crippen LogP contribution in [0.2, 0.25) is 0 Å². The highest BCUT2D eigenvalue weighted by molar-refractivity contribution is 6.38. The van der Waals surface area contributed by atoms with Crippen LogP contribution in [0.15, 0.2) is 0 Å². The molecule has 3 unspecified atom stereocenters.